The van der Waals surface area contributed by atoms with E-state index in [1.54, 1.807) is 31.5 Å². The summed E-state index contributed by atoms with van der Waals surface area (Å²) in [7, 11) is 1.59. The third-order valence-corrected chi connectivity index (χ3v) is 4.15. The number of carbonyl (C=O) groups excluding carboxylic acids is 1. The molecule has 6 heteroatoms. The molecule has 2 aromatic heterocycles. The fourth-order valence-corrected chi connectivity index (χ4v) is 2.76. The van der Waals surface area contributed by atoms with Gasteiger partial charge in [-0.2, -0.15) is 4.98 Å². The number of allylic oxidation sites excluding steroid dienone is 4. The number of nitrogens with zero attached hydrogens (tertiary/aromatic N) is 2. The van der Waals surface area contributed by atoms with Gasteiger partial charge in [0, 0.05) is 28.6 Å². The van der Waals surface area contributed by atoms with Crippen LogP contribution in [0.3, 0.4) is 0 Å². The lowest BCUT2D eigenvalue weighted by Crippen LogP contribution is -2.22. The molecule has 6 nitrogen and oxygen atoms in total. The summed E-state index contributed by atoms with van der Waals surface area (Å²) in [6.07, 6.45) is 5.36. The lowest BCUT2D eigenvalue weighted by atomic mass is 10.1. The topological polar surface area (TPSA) is 77.2 Å². The minimum atomic E-state index is -0.199. The summed E-state index contributed by atoms with van der Waals surface area (Å²) in [5, 5.41) is 2.90. The molecule has 3 aromatic rings. The smallest absolute Gasteiger partial charge is 0.255 e. The second-order valence-electron chi connectivity index (χ2n) is 6.00. The number of hydrogen-bond acceptors (Lipinski definition) is 5. The zero-order valence-electron chi connectivity index (χ0n) is 15.7. The van der Waals surface area contributed by atoms with Crippen LogP contribution in [-0.2, 0) is 0 Å². The number of oxazole rings is 1. The van der Waals surface area contributed by atoms with Crippen molar-refractivity contribution in [2.75, 3.05) is 7.11 Å². The monoisotopic (exact) mass is 363 g/mol. The van der Waals surface area contributed by atoms with E-state index in [0.717, 1.165) is 11.1 Å². The van der Waals surface area contributed by atoms with Crippen molar-refractivity contribution in [1.82, 2.24) is 15.3 Å². The average molecular weight is 363 g/mol. The summed E-state index contributed by atoms with van der Waals surface area (Å²) in [6, 6.07) is 9.00. The van der Waals surface area contributed by atoms with Crippen molar-refractivity contribution in [1.29, 1.82) is 0 Å². The molecule has 0 saturated heterocycles. The van der Waals surface area contributed by atoms with Gasteiger partial charge in [-0.05, 0) is 51.1 Å². The Morgan fingerprint density at radius 2 is 2.07 bits per heavy atom. The van der Waals surface area contributed by atoms with Gasteiger partial charge in [-0.1, -0.05) is 12.1 Å². The van der Waals surface area contributed by atoms with E-state index in [1.807, 2.05) is 45.1 Å². The van der Waals surface area contributed by atoms with E-state index in [9.17, 15) is 4.79 Å². The number of pyridine rings is 1. The van der Waals surface area contributed by atoms with Crippen molar-refractivity contribution in [2.24, 2.45) is 0 Å². The zero-order valence-corrected chi connectivity index (χ0v) is 15.7. The molecule has 0 aliphatic rings. The molecule has 0 fully saturated rings. The van der Waals surface area contributed by atoms with E-state index in [4.69, 9.17) is 9.15 Å². The van der Waals surface area contributed by atoms with Gasteiger partial charge < -0.3 is 14.5 Å². The van der Waals surface area contributed by atoms with Crippen LogP contribution in [0, 0.1) is 6.92 Å². The van der Waals surface area contributed by atoms with Gasteiger partial charge in [0.2, 0.25) is 5.89 Å². The van der Waals surface area contributed by atoms with E-state index in [-0.39, 0.29) is 5.91 Å². The molecule has 1 N–H and O–H groups in total. The van der Waals surface area contributed by atoms with Crippen molar-refractivity contribution in [3.63, 3.8) is 0 Å². The number of aromatic nitrogens is 2. The first kappa shape index (κ1) is 18.4. The number of ether oxygens (including phenoxy) is 1. The minimum Gasteiger partial charge on any atom is -0.496 e. The molecule has 1 amide bonds. The van der Waals surface area contributed by atoms with Crippen molar-refractivity contribution in [2.45, 2.75) is 20.8 Å². The highest BCUT2D eigenvalue weighted by Crippen LogP contribution is 2.23. The quantitative estimate of drug-likeness (QED) is 0.685. The predicted molar refractivity (Wildman–Crippen MR) is 104 cm³/mol. The number of hydrogen-bond donors (Lipinski definition) is 1. The Balaban J connectivity index is 1.82. The highest BCUT2D eigenvalue weighted by atomic mass is 16.5. The second-order valence-corrected chi connectivity index (χ2v) is 6.00. The van der Waals surface area contributed by atoms with Crippen LogP contribution in [0.2, 0.25) is 0 Å². The molecule has 0 aliphatic heterocycles. The minimum absolute atomic E-state index is 0.199. The molecule has 0 saturated carbocycles. The van der Waals surface area contributed by atoms with Gasteiger partial charge in [0.05, 0.1) is 7.11 Å². The zero-order chi connectivity index (χ0) is 19.4. The molecule has 27 heavy (non-hydrogen) atoms. The number of methoxy groups -OCH3 is 1. The Bertz CT molecular complexity index is 1010. The first-order valence-electron chi connectivity index (χ1n) is 8.55. The molecule has 0 spiro atoms. The molecular formula is C21H21N3O3. The highest BCUT2D eigenvalue weighted by molar-refractivity contribution is 5.97. The first-order chi connectivity index (χ1) is 13.0. The largest absolute Gasteiger partial charge is 0.496 e. The molecular weight excluding hydrogens is 342 g/mol. The summed E-state index contributed by atoms with van der Waals surface area (Å²) < 4.78 is 11.0. The summed E-state index contributed by atoms with van der Waals surface area (Å²) in [5.41, 5.74) is 3.96. The molecule has 1 aromatic carbocycles. The third kappa shape index (κ3) is 3.89. The molecule has 138 valence electrons. The standard InChI is InChI=1S/C21H21N3O3/c1-5-15(21-24-19-18(27-21)10-7-11-22-19)12-13(2)23-20(25)16-8-6-9-17(26-4)14(16)3/h5-12H,1-4H3,(H,23,25)/b13-12+,15-5+. The van der Waals surface area contributed by atoms with Crippen molar-refractivity contribution < 1.29 is 13.9 Å². The average Bonchev–Trinajstić information content (AvgIpc) is 3.10. The van der Waals surface area contributed by atoms with E-state index >= 15 is 0 Å². The van der Waals surface area contributed by atoms with E-state index in [2.05, 4.69) is 15.3 Å². The fraction of sp³-hybridized carbons (Fsp3) is 0.190. The maximum absolute atomic E-state index is 12.6. The van der Waals surface area contributed by atoms with Gasteiger partial charge in [-0.3, -0.25) is 4.79 Å². The van der Waals surface area contributed by atoms with Gasteiger partial charge >= 0.3 is 0 Å². The van der Waals surface area contributed by atoms with Crippen LogP contribution in [0.25, 0.3) is 16.8 Å². The molecule has 3 rings (SSSR count). The number of benzene rings is 1. The number of carbonyl (C=O) groups is 1. The van der Waals surface area contributed by atoms with Gasteiger partial charge in [-0.25, -0.2) is 4.98 Å². The molecule has 2 heterocycles. The number of rotatable bonds is 5. The maximum atomic E-state index is 12.6. The number of fused-ring (bicyclic) bond motifs is 1. The van der Waals surface area contributed by atoms with Gasteiger partial charge in [0.1, 0.15) is 5.75 Å². The Labute approximate surface area is 157 Å². The third-order valence-electron chi connectivity index (χ3n) is 4.15. The Hall–Kier alpha value is -3.41. The number of nitrogens with one attached hydrogen (secondary N) is 1. The van der Waals surface area contributed by atoms with Crippen LogP contribution in [0.4, 0.5) is 0 Å². The number of amides is 1. The van der Waals surface area contributed by atoms with Gasteiger partial charge in [-0.15, -0.1) is 0 Å². The van der Waals surface area contributed by atoms with Gasteiger partial charge in [0.25, 0.3) is 5.91 Å². The maximum Gasteiger partial charge on any atom is 0.255 e. The second kappa shape index (κ2) is 7.86. The van der Waals surface area contributed by atoms with Crippen LogP contribution in [0.1, 0.15) is 35.7 Å². The van der Waals surface area contributed by atoms with Crippen molar-refractivity contribution in [3.8, 4) is 5.75 Å². The van der Waals surface area contributed by atoms with Crippen LogP contribution in [0.15, 0.2) is 58.8 Å². The Kier molecular flexibility index (Phi) is 5.35. The molecule has 0 bridgehead atoms. The van der Waals surface area contributed by atoms with Crippen LogP contribution in [0.5, 0.6) is 5.75 Å². The van der Waals surface area contributed by atoms with Crippen LogP contribution >= 0.6 is 0 Å². The molecule has 0 radical (unpaired) electrons. The summed E-state index contributed by atoms with van der Waals surface area (Å²) in [4.78, 5) is 21.2. The summed E-state index contributed by atoms with van der Waals surface area (Å²) in [5.74, 6) is 0.935. The van der Waals surface area contributed by atoms with Crippen LogP contribution in [-0.4, -0.2) is 23.0 Å². The van der Waals surface area contributed by atoms with E-state index < -0.39 is 0 Å². The molecule has 0 aliphatic carbocycles. The molecule has 0 unspecified atom stereocenters. The Morgan fingerprint density at radius 1 is 1.26 bits per heavy atom. The van der Waals surface area contributed by atoms with Crippen molar-refractivity contribution in [3.05, 3.63) is 71.4 Å². The lowest BCUT2D eigenvalue weighted by molar-refractivity contribution is 0.0965. The summed E-state index contributed by atoms with van der Waals surface area (Å²) in [6.45, 7) is 5.56. The van der Waals surface area contributed by atoms with Crippen molar-refractivity contribution >= 4 is 22.7 Å². The summed E-state index contributed by atoms with van der Waals surface area (Å²) >= 11 is 0. The SMILES string of the molecule is C/C=C(\C=C(/C)NC(=O)c1cccc(OC)c1C)c1nc2ncccc2o1. The fourth-order valence-electron chi connectivity index (χ4n) is 2.76. The molecule has 0 atom stereocenters. The lowest BCUT2D eigenvalue weighted by Gasteiger charge is -2.11. The van der Waals surface area contributed by atoms with E-state index in [0.29, 0.717) is 34.1 Å². The first-order valence-corrected chi connectivity index (χ1v) is 8.55. The normalized spacial score (nSPS) is 12.3. The Morgan fingerprint density at radius 3 is 2.78 bits per heavy atom. The van der Waals surface area contributed by atoms with Crippen LogP contribution < -0.4 is 10.1 Å². The highest BCUT2D eigenvalue weighted by Gasteiger charge is 2.13. The predicted octanol–water partition coefficient (Wildman–Crippen LogP) is 4.28. The van der Waals surface area contributed by atoms with Gasteiger partial charge in [0.15, 0.2) is 11.2 Å². The van der Waals surface area contributed by atoms with E-state index in [1.165, 1.54) is 0 Å².